The second-order valence-corrected chi connectivity index (χ2v) is 7.97. The van der Waals surface area contributed by atoms with E-state index in [0.29, 0.717) is 12.1 Å². The van der Waals surface area contributed by atoms with Gasteiger partial charge in [-0.1, -0.05) is 24.2 Å². The first-order valence-electron chi connectivity index (χ1n) is 9.21. The van der Waals surface area contributed by atoms with E-state index in [4.69, 9.17) is 9.05 Å². The molecule has 14 heteroatoms. The normalized spacial score (nSPS) is 12.8. The molecule has 0 spiro atoms. The Labute approximate surface area is 204 Å². The van der Waals surface area contributed by atoms with E-state index in [1.54, 1.807) is 27.7 Å². The number of aryl methyl sites for hydroxylation is 1. The predicted octanol–water partition coefficient (Wildman–Crippen LogP) is -0.878. The molecule has 1 amide bonds. The molecule has 12 nitrogen and oxygen atoms in total. The number of phenolic OH excluding ortho intramolecular Hbond substituents is 1. The molecular weight excluding hydrogens is 454 g/mol. The van der Waals surface area contributed by atoms with Gasteiger partial charge in [0, 0.05) is 19.5 Å². The van der Waals surface area contributed by atoms with Crippen LogP contribution < -0.4 is 44.3 Å². The molecule has 0 aliphatic rings. The van der Waals surface area contributed by atoms with Crippen LogP contribution in [0.5, 0.6) is 11.5 Å². The average Bonchev–Trinajstić information content (AvgIpc) is 3.26. The number of hydrogen-bond acceptors (Lipinski definition) is 10. The number of amides is 1. The number of phenols is 1. The molecule has 0 saturated carbocycles. The smallest absolute Gasteiger partial charge is 0.746 e. The summed E-state index contributed by atoms with van der Waals surface area (Å²) in [5.41, 5.74) is 0.267. The van der Waals surface area contributed by atoms with Crippen molar-refractivity contribution in [1.29, 1.82) is 0 Å². The molecule has 0 aliphatic carbocycles. The molecule has 2 aromatic heterocycles. The summed E-state index contributed by atoms with van der Waals surface area (Å²) in [6, 6.07) is 2.43. The van der Waals surface area contributed by atoms with Gasteiger partial charge >= 0.3 is 37.4 Å². The maximum atomic E-state index is 12.5. The van der Waals surface area contributed by atoms with Gasteiger partial charge in [0.2, 0.25) is 11.7 Å². The maximum Gasteiger partial charge on any atom is 1.00 e. The number of benzene rings is 1. The molecule has 0 radical (unpaired) electrons. The Kier molecular flexibility index (Phi) is 8.27. The Hall–Kier alpha value is -2.21. The number of aromatic nitrogens is 3. The third-order valence-electron chi connectivity index (χ3n) is 4.20. The number of aromatic hydroxyl groups is 1. The van der Waals surface area contributed by atoms with E-state index in [2.05, 4.69) is 25.1 Å². The number of nitrogens with zero attached hydrogens (tertiary/aromatic N) is 3. The number of hydrogen-bond donors (Lipinski definition) is 3. The zero-order chi connectivity index (χ0) is 22.9. The van der Waals surface area contributed by atoms with Gasteiger partial charge in [0.05, 0.1) is 5.56 Å². The minimum Gasteiger partial charge on any atom is -0.746 e. The molecule has 3 rings (SSSR count). The van der Waals surface area contributed by atoms with Crippen molar-refractivity contribution in [1.82, 2.24) is 20.6 Å². The molecule has 0 saturated heterocycles. The first kappa shape index (κ1) is 26.0. The molecule has 3 aromatic rings. The van der Waals surface area contributed by atoms with Gasteiger partial charge in [0.25, 0.3) is 5.91 Å². The van der Waals surface area contributed by atoms with Crippen molar-refractivity contribution in [3.8, 4) is 34.2 Å². The first-order chi connectivity index (χ1) is 14.5. The maximum absolute atomic E-state index is 12.5. The molecule has 3 N–H and O–H groups in total. The molecule has 166 valence electrons. The predicted molar refractivity (Wildman–Crippen MR) is 104 cm³/mol. The third-order valence-corrected chi connectivity index (χ3v) is 4.63. The molecule has 0 aliphatic heterocycles. The van der Waals surface area contributed by atoms with Gasteiger partial charge < -0.3 is 33.8 Å². The first-order valence-corrected chi connectivity index (χ1v) is 10.7. The molecule has 1 aromatic carbocycles. The summed E-state index contributed by atoms with van der Waals surface area (Å²) >= 11 is 0. The van der Waals surface area contributed by atoms with Crippen molar-refractivity contribution < 1.29 is 67.4 Å². The van der Waals surface area contributed by atoms with Gasteiger partial charge in [0.15, 0.2) is 11.5 Å². The molecule has 0 fully saturated rings. The molecular formula is C18H20N4NaO8P. The van der Waals surface area contributed by atoms with E-state index >= 15 is 0 Å². The van der Waals surface area contributed by atoms with Crippen LogP contribution in [0.15, 0.2) is 21.2 Å². The van der Waals surface area contributed by atoms with Crippen molar-refractivity contribution in [2.75, 3.05) is 6.54 Å². The van der Waals surface area contributed by atoms with Crippen molar-refractivity contribution in [2.24, 2.45) is 0 Å². The van der Waals surface area contributed by atoms with Gasteiger partial charge in [-0.05, 0) is 24.5 Å². The third kappa shape index (κ3) is 5.58. The van der Waals surface area contributed by atoms with Crippen molar-refractivity contribution in [2.45, 2.75) is 33.6 Å². The van der Waals surface area contributed by atoms with Crippen LogP contribution in [0, 0.1) is 6.92 Å². The summed E-state index contributed by atoms with van der Waals surface area (Å²) in [5.74, 6) is -1.42. The Morgan fingerprint density at radius 1 is 1.31 bits per heavy atom. The average molecular weight is 474 g/mol. The fourth-order valence-electron chi connectivity index (χ4n) is 2.91. The fourth-order valence-corrected chi connectivity index (χ4v) is 3.31. The number of carbonyl (C=O) groups excluding carboxylic acids is 1. The van der Waals surface area contributed by atoms with Crippen LogP contribution in [0.25, 0.3) is 22.7 Å². The molecule has 1 unspecified atom stereocenters. The monoisotopic (exact) mass is 474 g/mol. The SMILES string of the molecule is CCNC(=O)c1noc(-c2cc(C(C)C)c(O)cc2OP(=O)([O-])O)c1-c1noc(C)n1.[Na+]. The Balaban J connectivity index is 0.00000363. The molecule has 0 bridgehead atoms. The molecule has 2 heterocycles. The van der Waals surface area contributed by atoms with Crippen LogP contribution in [-0.2, 0) is 4.57 Å². The zero-order valence-corrected chi connectivity index (χ0v) is 21.0. The van der Waals surface area contributed by atoms with Crippen LogP contribution in [0.1, 0.15) is 48.6 Å². The van der Waals surface area contributed by atoms with Crippen LogP contribution in [0.3, 0.4) is 0 Å². The number of phosphoric ester groups is 1. The van der Waals surface area contributed by atoms with Gasteiger partial charge in [-0.2, -0.15) is 4.98 Å². The minimum atomic E-state index is -5.25. The summed E-state index contributed by atoms with van der Waals surface area (Å²) in [4.78, 5) is 37.2. The zero-order valence-electron chi connectivity index (χ0n) is 18.1. The van der Waals surface area contributed by atoms with E-state index in [1.165, 1.54) is 6.07 Å². The number of phosphoric acid groups is 1. The van der Waals surface area contributed by atoms with E-state index < -0.39 is 19.5 Å². The van der Waals surface area contributed by atoms with Crippen molar-refractivity contribution in [3.05, 3.63) is 29.3 Å². The Bertz CT molecular complexity index is 1170. The summed E-state index contributed by atoms with van der Waals surface area (Å²) in [5, 5.41) is 20.5. The standard InChI is InChI=1S/C18H21N4O8P.Na/c1-5-19-18(24)15-14(17-20-9(4)28-22-17)16(29-21-15)11-6-10(8(2)3)12(23)7-13(11)30-31(25,26)27;/h6-8,23H,5H2,1-4H3,(H,19,24)(H2,25,26,27);/q;+1/p-1. The largest absolute Gasteiger partial charge is 1.00 e. The minimum absolute atomic E-state index is 0. The van der Waals surface area contributed by atoms with Crippen LogP contribution in [0.2, 0.25) is 0 Å². The molecule has 1 atom stereocenters. The van der Waals surface area contributed by atoms with Crippen LogP contribution in [0.4, 0.5) is 0 Å². The number of carbonyl (C=O) groups is 1. The summed E-state index contributed by atoms with van der Waals surface area (Å²) in [7, 11) is -5.25. The number of nitrogens with one attached hydrogen (secondary N) is 1. The summed E-state index contributed by atoms with van der Waals surface area (Å²) in [6.07, 6.45) is 0. The molecule has 32 heavy (non-hydrogen) atoms. The van der Waals surface area contributed by atoms with Gasteiger partial charge in [0.1, 0.15) is 17.1 Å². The van der Waals surface area contributed by atoms with Gasteiger partial charge in [-0.15, -0.1) is 0 Å². The van der Waals surface area contributed by atoms with Gasteiger partial charge in [-0.3, -0.25) is 9.36 Å². The van der Waals surface area contributed by atoms with Crippen LogP contribution in [-0.4, -0.2) is 37.7 Å². The van der Waals surface area contributed by atoms with E-state index in [9.17, 15) is 24.3 Å². The van der Waals surface area contributed by atoms with Crippen molar-refractivity contribution >= 4 is 13.7 Å². The van der Waals surface area contributed by atoms with Crippen molar-refractivity contribution in [3.63, 3.8) is 0 Å². The second-order valence-electron chi connectivity index (χ2n) is 6.85. The van der Waals surface area contributed by atoms with Crippen LogP contribution >= 0.6 is 7.82 Å². The fraction of sp³-hybridized carbons (Fsp3) is 0.333. The summed E-state index contributed by atoms with van der Waals surface area (Å²) in [6.45, 7) is 7.16. The number of rotatable bonds is 7. The van der Waals surface area contributed by atoms with Gasteiger partial charge in [-0.25, -0.2) is 0 Å². The second kappa shape index (κ2) is 10.2. The Morgan fingerprint density at radius 3 is 2.53 bits per heavy atom. The van der Waals surface area contributed by atoms with E-state index in [0.717, 1.165) is 6.07 Å². The van der Waals surface area contributed by atoms with E-state index in [-0.39, 0.29) is 75.5 Å². The quantitative estimate of drug-likeness (QED) is 0.285. The topological polar surface area (TPSA) is 184 Å². The van der Waals surface area contributed by atoms with E-state index in [1.807, 2.05) is 0 Å². The Morgan fingerprint density at radius 2 is 2.00 bits per heavy atom. The summed E-state index contributed by atoms with van der Waals surface area (Å²) < 4.78 is 26.4.